The van der Waals surface area contributed by atoms with Gasteiger partial charge in [0.2, 0.25) is 0 Å². The quantitative estimate of drug-likeness (QED) is 0.626. The number of hydrogen-bond acceptors (Lipinski definition) is 1. The van der Waals surface area contributed by atoms with Crippen LogP contribution in [-0.4, -0.2) is 6.54 Å². The fourth-order valence-electron chi connectivity index (χ4n) is 1.99. The first-order valence-electron chi connectivity index (χ1n) is 4.56. The second-order valence-corrected chi connectivity index (χ2v) is 3.54. The SMILES string of the molecule is CC[C@@H]1CCC[C@H](CN)C1. The summed E-state index contributed by atoms with van der Waals surface area (Å²) in [6.07, 6.45) is 7.00. The fraction of sp³-hybridized carbons (Fsp3) is 1.00. The van der Waals surface area contributed by atoms with Gasteiger partial charge in [0.05, 0.1) is 0 Å². The predicted octanol–water partition coefficient (Wildman–Crippen LogP) is 2.16. The Bertz CT molecular complexity index is 80.7. The van der Waals surface area contributed by atoms with Gasteiger partial charge in [-0.3, -0.25) is 0 Å². The summed E-state index contributed by atoms with van der Waals surface area (Å²) in [5, 5.41) is 0. The van der Waals surface area contributed by atoms with Gasteiger partial charge >= 0.3 is 0 Å². The van der Waals surface area contributed by atoms with E-state index in [1.165, 1.54) is 32.1 Å². The largest absolute Gasteiger partial charge is 0.330 e. The third kappa shape index (κ3) is 1.98. The van der Waals surface area contributed by atoms with Crippen LogP contribution in [0.4, 0.5) is 0 Å². The molecule has 0 bridgehead atoms. The molecular weight excluding hydrogens is 122 g/mol. The summed E-state index contributed by atoms with van der Waals surface area (Å²) in [4.78, 5) is 0. The summed E-state index contributed by atoms with van der Waals surface area (Å²) >= 11 is 0. The Kier molecular flexibility index (Phi) is 3.20. The molecule has 1 aliphatic carbocycles. The van der Waals surface area contributed by atoms with Crippen molar-refractivity contribution >= 4 is 0 Å². The van der Waals surface area contributed by atoms with E-state index in [1.54, 1.807) is 0 Å². The number of nitrogens with two attached hydrogens (primary N) is 1. The molecule has 0 heterocycles. The Hall–Kier alpha value is -0.0400. The van der Waals surface area contributed by atoms with Gasteiger partial charge in [0.1, 0.15) is 0 Å². The molecule has 0 aromatic rings. The zero-order valence-electron chi connectivity index (χ0n) is 6.97. The van der Waals surface area contributed by atoms with Crippen LogP contribution in [-0.2, 0) is 0 Å². The molecule has 1 heteroatoms. The van der Waals surface area contributed by atoms with E-state index in [-0.39, 0.29) is 0 Å². The minimum atomic E-state index is 0.846. The maximum Gasteiger partial charge on any atom is -0.00488 e. The molecular formula is C9H19N. The van der Waals surface area contributed by atoms with Gasteiger partial charge in [-0.05, 0) is 31.2 Å². The predicted molar refractivity (Wildman–Crippen MR) is 44.8 cm³/mol. The molecule has 0 saturated heterocycles. The average Bonchev–Trinajstić information content (AvgIpc) is 2.05. The van der Waals surface area contributed by atoms with E-state index in [9.17, 15) is 0 Å². The molecule has 1 saturated carbocycles. The van der Waals surface area contributed by atoms with Gasteiger partial charge in [-0.25, -0.2) is 0 Å². The lowest BCUT2D eigenvalue weighted by Gasteiger charge is -2.27. The van der Waals surface area contributed by atoms with Crippen LogP contribution in [0.2, 0.25) is 0 Å². The molecule has 0 spiro atoms. The molecule has 1 nitrogen and oxygen atoms in total. The normalized spacial score (nSPS) is 34.2. The van der Waals surface area contributed by atoms with Gasteiger partial charge in [-0.15, -0.1) is 0 Å². The standard InChI is InChI=1S/C9H19N/c1-2-8-4-3-5-9(6-8)7-10/h8-9H,2-7,10H2,1H3/t8-,9+/m1/s1. The Morgan fingerprint density at radius 3 is 2.60 bits per heavy atom. The van der Waals surface area contributed by atoms with Gasteiger partial charge in [0, 0.05) is 0 Å². The zero-order chi connectivity index (χ0) is 7.40. The summed E-state index contributed by atoms with van der Waals surface area (Å²) in [5.41, 5.74) is 5.62. The highest BCUT2D eigenvalue weighted by atomic mass is 14.5. The van der Waals surface area contributed by atoms with Crippen molar-refractivity contribution in [2.24, 2.45) is 17.6 Å². The zero-order valence-corrected chi connectivity index (χ0v) is 6.97. The lowest BCUT2D eigenvalue weighted by Crippen LogP contribution is -2.22. The molecule has 1 fully saturated rings. The summed E-state index contributed by atoms with van der Waals surface area (Å²) in [6, 6.07) is 0. The van der Waals surface area contributed by atoms with Crippen molar-refractivity contribution in [3.63, 3.8) is 0 Å². The van der Waals surface area contributed by atoms with Crippen molar-refractivity contribution in [2.45, 2.75) is 39.0 Å². The van der Waals surface area contributed by atoms with E-state index in [0.717, 1.165) is 18.4 Å². The summed E-state index contributed by atoms with van der Waals surface area (Å²) < 4.78 is 0. The van der Waals surface area contributed by atoms with E-state index in [0.29, 0.717) is 0 Å². The molecule has 0 amide bonds. The smallest absolute Gasteiger partial charge is 0.00488 e. The van der Waals surface area contributed by atoms with Crippen molar-refractivity contribution < 1.29 is 0 Å². The Morgan fingerprint density at radius 1 is 1.30 bits per heavy atom. The number of hydrogen-bond donors (Lipinski definition) is 1. The van der Waals surface area contributed by atoms with Crippen LogP contribution >= 0.6 is 0 Å². The highest BCUT2D eigenvalue weighted by Gasteiger charge is 2.18. The van der Waals surface area contributed by atoms with Crippen molar-refractivity contribution in [3.8, 4) is 0 Å². The first-order chi connectivity index (χ1) is 4.86. The Morgan fingerprint density at radius 2 is 2.00 bits per heavy atom. The molecule has 0 aromatic heterocycles. The third-order valence-corrected chi connectivity index (χ3v) is 2.80. The molecule has 60 valence electrons. The fourth-order valence-corrected chi connectivity index (χ4v) is 1.99. The van der Waals surface area contributed by atoms with Crippen LogP contribution in [0.1, 0.15) is 39.0 Å². The monoisotopic (exact) mass is 141 g/mol. The highest BCUT2D eigenvalue weighted by molar-refractivity contribution is 4.72. The molecule has 1 rings (SSSR count). The van der Waals surface area contributed by atoms with Gasteiger partial charge < -0.3 is 5.73 Å². The number of rotatable bonds is 2. The summed E-state index contributed by atoms with van der Waals surface area (Å²) in [7, 11) is 0. The maximum absolute atomic E-state index is 5.62. The Labute approximate surface area is 64.0 Å². The summed E-state index contributed by atoms with van der Waals surface area (Å²) in [5.74, 6) is 1.83. The highest BCUT2D eigenvalue weighted by Crippen LogP contribution is 2.29. The van der Waals surface area contributed by atoms with E-state index in [1.807, 2.05) is 0 Å². The molecule has 0 radical (unpaired) electrons. The van der Waals surface area contributed by atoms with Crippen molar-refractivity contribution in [2.75, 3.05) is 6.54 Å². The van der Waals surface area contributed by atoms with Gasteiger partial charge in [0.15, 0.2) is 0 Å². The van der Waals surface area contributed by atoms with E-state index < -0.39 is 0 Å². The molecule has 0 aliphatic heterocycles. The second-order valence-electron chi connectivity index (χ2n) is 3.54. The van der Waals surface area contributed by atoms with Crippen molar-refractivity contribution in [1.29, 1.82) is 0 Å². The van der Waals surface area contributed by atoms with E-state index >= 15 is 0 Å². The van der Waals surface area contributed by atoms with Gasteiger partial charge in [-0.2, -0.15) is 0 Å². The van der Waals surface area contributed by atoms with Crippen LogP contribution in [0.5, 0.6) is 0 Å². The van der Waals surface area contributed by atoms with E-state index in [2.05, 4.69) is 6.92 Å². The second kappa shape index (κ2) is 3.97. The molecule has 2 N–H and O–H groups in total. The lowest BCUT2D eigenvalue weighted by atomic mass is 9.80. The van der Waals surface area contributed by atoms with Crippen molar-refractivity contribution in [1.82, 2.24) is 0 Å². The average molecular weight is 141 g/mol. The minimum absolute atomic E-state index is 0.846. The van der Waals surface area contributed by atoms with E-state index in [4.69, 9.17) is 5.73 Å². The first-order valence-corrected chi connectivity index (χ1v) is 4.56. The molecule has 0 unspecified atom stereocenters. The maximum atomic E-state index is 5.62. The molecule has 0 aromatic carbocycles. The summed E-state index contributed by atoms with van der Waals surface area (Å²) in [6.45, 7) is 3.21. The van der Waals surface area contributed by atoms with Crippen molar-refractivity contribution in [3.05, 3.63) is 0 Å². The van der Waals surface area contributed by atoms with Crippen LogP contribution in [0.15, 0.2) is 0 Å². The minimum Gasteiger partial charge on any atom is -0.330 e. The lowest BCUT2D eigenvalue weighted by molar-refractivity contribution is 0.266. The molecule has 1 aliphatic rings. The van der Waals surface area contributed by atoms with Crippen LogP contribution in [0.25, 0.3) is 0 Å². The first kappa shape index (κ1) is 8.06. The van der Waals surface area contributed by atoms with Gasteiger partial charge in [0.25, 0.3) is 0 Å². The van der Waals surface area contributed by atoms with Crippen LogP contribution in [0.3, 0.4) is 0 Å². The Balaban J connectivity index is 2.25. The topological polar surface area (TPSA) is 26.0 Å². The van der Waals surface area contributed by atoms with Crippen LogP contribution < -0.4 is 5.73 Å². The molecule has 10 heavy (non-hydrogen) atoms. The van der Waals surface area contributed by atoms with Gasteiger partial charge in [-0.1, -0.05) is 26.2 Å². The molecule has 2 atom stereocenters. The van der Waals surface area contributed by atoms with Crippen LogP contribution in [0, 0.1) is 11.8 Å². The third-order valence-electron chi connectivity index (χ3n) is 2.80.